The molecule has 0 unspecified atom stereocenters. The van der Waals surface area contributed by atoms with Crippen LogP contribution in [-0.2, 0) is 57.6 Å². The fourth-order valence-electron chi connectivity index (χ4n) is 11.0. The van der Waals surface area contributed by atoms with Crippen molar-refractivity contribution in [1.29, 1.82) is 0 Å². The van der Waals surface area contributed by atoms with Gasteiger partial charge >= 0.3 is 0 Å². The number of guanidine groups is 3. The van der Waals surface area contributed by atoms with Gasteiger partial charge in [-0.25, -0.2) is 0 Å². The van der Waals surface area contributed by atoms with E-state index in [1.165, 1.54) is 0 Å². The van der Waals surface area contributed by atoms with E-state index in [9.17, 15) is 24.0 Å². The first-order valence-electron chi connectivity index (χ1n) is 32.2. The Morgan fingerprint density at radius 1 is 0.404 bits per heavy atom. The number of unbranched alkanes of at least 4 members (excludes halogenated alkanes) is 5. The zero-order chi connectivity index (χ0) is 67.9. The second-order valence-corrected chi connectivity index (χ2v) is 23.4. The van der Waals surface area contributed by atoms with Crippen LogP contribution in [0, 0.1) is 0 Å². The summed E-state index contributed by atoms with van der Waals surface area (Å²) in [5, 5.41) is 22.1. The summed E-state index contributed by atoms with van der Waals surface area (Å²) in [7, 11) is 0. The van der Waals surface area contributed by atoms with E-state index in [0.29, 0.717) is 48.9 Å². The molecule has 7 atom stereocenters. The van der Waals surface area contributed by atoms with Crippen LogP contribution in [0.5, 0.6) is 0 Å². The lowest BCUT2D eigenvalue weighted by Gasteiger charge is -2.28. The van der Waals surface area contributed by atoms with Crippen LogP contribution in [-0.4, -0.2) is 149 Å². The van der Waals surface area contributed by atoms with Gasteiger partial charge in [0.25, 0.3) is 0 Å². The van der Waals surface area contributed by atoms with Crippen LogP contribution in [0.25, 0.3) is 32.7 Å². The molecule has 26 N–H and O–H groups in total. The first-order chi connectivity index (χ1) is 45.2. The van der Waals surface area contributed by atoms with Gasteiger partial charge in [-0.2, -0.15) is 0 Å². The van der Waals surface area contributed by atoms with Crippen LogP contribution in [0.1, 0.15) is 120 Å². The molecule has 94 heavy (non-hydrogen) atoms. The topological polar surface area (TPSA) is 513 Å². The number of fused-ring (bicyclic) bond motifs is 3. The summed E-state index contributed by atoms with van der Waals surface area (Å²) >= 11 is 0. The predicted molar refractivity (Wildman–Crippen MR) is 365 cm³/mol. The molecule has 29 nitrogen and oxygen atoms in total. The van der Waals surface area contributed by atoms with Crippen molar-refractivity contribution in [3.63, 3.8) is 0 Å². The summed E-state index contributed by atoms with van der Waals surface area (Å²) in [6, 6.07) is 12.9. The number of primary amides is 1. The number of hydrogen-bond donors (Lipinski definition) is 18. The fourth-order valence-corrected chi connectivity index (χ4v) is 11.0. The number of aromatic nitrogens is 3. The van der Waals surface area contributed by atoms with Gasteiger partial charge in [-0.15, -0.1) is 0 Å². The van der Waals surface area contributed by atoms with Crippen LogP contribution in [0.4, 0.5) is 0 Å². The molecule has 6 aromatic rings. The van der Waals surface area contributed by atoms with Gasteiger partial charge in [-0.3, -0.25) is 53.3 Å². The molecule has 0 bridgehead atoms. The lowest BCUT2D eigenvalue weighted by Crippen LogP contribution is -2.60. The van der Waals surface area contributed by atoms with E-state index in [2.05, 4.69) is 74.1 Å². The molecule has 29 heteroatoms. The third kappa shape index (κ3) is 23.8. The van der Waals surface area contributed by atoms with Crippen molar-refractivity contribution in [3.8, 4) is 0 Å². The normalized spacial score (nSPS) is 13.4. The van der Waals surface area contributed by atoms with Gasteiger partial charge in [0.05, 0.1) is 6.04 Å². The number of nitrogens with zero attached hydrogens (tertiary/aromatic N) is 3. The first-order valence-corrected chi connectivity index (χ1v) is 32.2. The van der Waals surface area contributed by atoms with Gasteiger partial charge < -0.3 is 98.0 Å². The number of carbonyl (C=O) groups is 8. The van der Waals surface area contributed by atoms with Crippen molar-refractivity contribution in [3.05, 3.63) is 108 Å². The van der Waals surface area contributed by atoms with Crippen LogP contribution in [0.2, 0.25) is 0 Å². The average molecular weight is 1300 g/mol. The van der Waals surface area contributed by atoms with Crippen molar-refractivity contribution < 1.29 is 38.4 Å². The number of hydrogen-bond acceptors (Lipinski definition) is 12. The number of carbonyl (C=O) groups excluding carboxylic acids is 8. The molecular weight excluding hydrogens is 1200 g/mol. The van der Waals surface area contributed by atoms with Crippen molar-refractivity contribution in [1.82, 2.24) is 52.2 Å². The maximum atomic E-state index is 15.2. The molecule has 0 aliphatic carbocycles. The van der Waals surface area contributed by atoms with Crippen LogP contribution in [0.15, 0.2) is 106 Å². The Labute approximate surface area is 546 Å². The summed E-state index contributed by atoms with van der Waals surface area (Å²) < 4.78 is 0. The Balaban J connectivity index is 1.28. The lowest BCUT2D eigenvalue weighted by atomic mass is 10.0. The molecule has 3 aromatic heterocycles. The van der Waals surface area contributed by atoms with E-state index in [1.807, 2.05) is 72.8 Å². The second-order valence-electron chi connectivity index (χ2n) is 23.4. The van der Waals surface area contributed by atoms with Crippen LogP contribution < -0.4 is 83.1 Å². The molecule has 508 valence electrons. The zero-order valence-electron chi connectivity index (χ0n) is 53.5. The maximum absolute atomic E-state index is 15.2. The molecule has 0 radical (unpaired) electrons. The molecule has 0 aliphatic heterocycles. The third-order valence-corrected chi connectivity index (χ3v) is 16.1. The Kier molecular flexibility index (Phi) is 29.4. The number of H-pyrrole nitrogens is 3. The monoisotopic (exact) mass is 1300 g/mol. The molecule has 0 saturated carbocycles. The van der Waals surface area contributed by atoms with Gasteiger partial charge in [0, 0.05) is 103 Å². The quantitative estimate of drug-likeness (QED) is 0.0142. The standard InChI is InChI=1S/C65H95N21O8/c1-2-3-4-5-6-28-55(87)74-29-14-13-25-49(56(67)88)81-60(92)53(34-40-37-79-47-23-11-8-19-43(40)47)85-58(90)51(27-17-32-77-65(72)73)83-62(94)54(35-41-38-80-48-24-12-9-20-44(41)48)86-59(91)50(26-16-31-76-64(70)71)82-61(93)52(33-39-36-78-46-22-10-7-18-42(39)46)84-57(89)45(66)21-15-30-75-63(68)69/h7-12,18-20,22-24,36-38,45,49-54,78-80H,2-6,13-17,21,25-35,66H2,1H3,(H2,67,88)(H,74,87)(H,81,92)(H,82,93)(H,83,94)(H,84,89)(H,85,90)(H,86,91)(H4,68,69,75)(H4,70,71,76)(H4,72,73,77)/t45-,49-,50-,51-,52-,53-,54-/m0/s1. The Morgan fingerprint density at radius 2 is 0.755 bits per heavy atom. The smallest absolute Gasteiger partial charge is 0.243 e. The van der Waals surface area contributed by atoms with E-state index >= 15 is 14.4 Å². The number of benzene rings is 3. The highest BCUT2D eigenvalue weighted by molar-refractivity contribution is 5.99. The summed E-state index contributed by atoms with van der Waals surface area (Å²) in [4.78, 5) is 136. The van der Waals surface area contributed by atoms with Gasteiger partial charge in [-0.05, 0) is 99.1 Å². The molecule has 3 aromatic carbocycles. The minimum atomic E-state index is -1.46. The number of rotatable bonds is 42. The molecule has 6 rings (SSSR count). The molecule has 8 amide bonds. The molecular formula is C65H95N21O8. The number of aromatic amines is 3. The average Bonchev–Trinajstić information content (AvgIpc) is 1.67. The summed E-state index contributed by atoms with van der Waals surface area (Å²) in [6.07, 6.45) is 12.1. The summed E-state index contributed by atoms with van der Waals surface area (Å²) in [5.41, 5.74) is 50.1. The van der Waals surface area contributed by atoms with Crippen molar-refractivity contribution in [2.24, 2.45) is 60.8 Å². The Bertz CT molecular complexity index is 3560. The number of nitrogens with two attached hydrogens (primary N) is 8. The Morgan fingerprint density at radius 3 is 1.16 bits per heavy atom. The SMILES string of the molecule is CCCCCCCC(=O)NCCCC[C@H](NC(=O)[C@H](Cc1c[nH]c2ccccc12)NC(=O)[C@H](CCCN=C(N)N)NC(=O)[C@H](Cc1c[nH]c2ccccc12)NC(=O)[C@H](CCCN=C(N)N)NC(=O)[C@H](Cc1c[nH]c2ccccc12)NC(=O)[C@@H](N)CCCN=C(N)N)C(N)=O. The van der Waals surface area contributed by atoms with Gasteiger partial charge in [-0.1, -0.05) is 87.2 Å². The third-order valence-electron chi connectivity index (χ3n) is 16.1. The van der Waals surface area contributed by atoms with Gasteiger partial charge in [0.1, 0.15) is 36.3 Å². The molecule has 0 aliphatic rings. The van der Waals surface area contributed by atoms with Gasteiger partial charge in [0.2, 0.25) is 47.3 Å². The minimum absolute atomic E-state index is 0.0358. The van der Waals surface area contributed by atoms with Crippen molar-refractivity contribution in [2.45, 2.75) is 165 Å². The first kappa shape index (κ1) is 72.9. The highest BCUT2D eigenvalue weighted by Gasteiger charge is 2.35. The maximum Gasteiger partial charge on any atom is 0.243 e. The van der Waals surface area contributed by atoms with Gasteiger partial charge in [0.15, 0.2) is 17.9 Å². The van der Waals surface area contributed by atoms with E-state index in [1.54, 1.807) is 18.6 Å². The minimum Gasteiger partial charge on any atom is -0.370 e. The summed E-state index contributed by atoms with van der Waals surface area (Å²) in [6.45, 7) is 2.79. The Hall–Kier alpha value is -10.2. The van der Waals surface area contributed by atoms with Crippen LogP contribution >= 0.6 is 0 Å². The lowest BCUT2D eigenvalue weighted by molar-refractivity contribution is -0.135. The fraction of sp³-hybridized carbons (Fsp3) is 0.462. The molecule has 3 heterocycles. The number of nitrogens with one attached hydrogen (secondary N) is 10. The highest BCUT2D eigenvalue weighted by Crippen LogP contribution is 2.23. The van der Waals surface area contributed by atoms with E-state index < -0.39 is 83.6 Å². The summed E-state index contributed by atoms with van der Waals surface area (Å²) in [5.74, 6) is -6.03. The number of aliphatic imine (C=N–C) groups is 3. The molecule has 0 saturated heterocycles. The van der Waals surface area contributed by atoms with Crippen molar-refractivity contribution >= 4 is 97.8 Å². The highest BCUT2D eigenvalue weighted by atomic mass is 16.2. The van der Waals surface area contributed by atoms with E-state index in [4.69, 9.17) is 45.9 Å². The molecule has 0 spiro atoms. The van der Waals surface area contributed by atoms with Crippen molar-refractivity contribution in [2.75, 3.05) is 26.2 Å². The largest absolute Gasteiger partial charge is 0.370 e. The number of para-hydroxylation sites is 3. The second kappa shape index (κ2) is 38.0. The zero-order valence-corrected chi connectivity index (χ0v) is 53.5. The predicted octanol–water partition coefficient (Wildman–Crippen LogP) is 0.688. The molecule has 0 fully saturated rings. The van der Waals surface area contributed by atoms with E-state index in [0.717, 1.165) is 64.8 Å². The number of amides is 8. The van der Waals surface area contributed by atoms with E-state index in [-0.39, 0.29) is 101 Å². The van der Waals surface area contributed by atoms with Crippen LogP contribution in [0.3, 0.4) is 0 Å².